The van der Waals surface area contributed by atoms with E-state index in [0.717, 1.165) is 104 Å². The minimum Gasteiger partial charge on any atom is -0.275 e. The molecule has 3 heterocycles. The molecule has 1 unspecified atom stereocenters. The van der Waals surface area contributed by atoms with Crippen molar-refractivity contribution in [1.82, 2.24) is 9.55 Å². The van der Waals surface area contributed by atoms with E-state index in [9.17, 15) is 0 Å². The molecular weight excluding hydrogens is 885 g/mol. The lowest BCUT2D eigenvalue weighted by atomic mass is 9.89. The fraction of sp³-hybridized carbons (Fsp3) is 0.116. The first-order valence-corrected chi connectivity index (χ1v) is 25.9. The van der Waals surface area contributed by atoms with E-state index in [4.69, 9.17) is 15.0 Å². The smallest absolute Gasteiger partial charge is 0.261 e. The Labute approximate surface area is 425 Å². The lowest BCUT2D eigenvalue weighted by Crippen LogP contribution is -2.33. The zero-order valence-corrected chi connectivity index (χ0v) is 41.4. The Hall–Kier alpha value is -8.73. The van der Waals surface area contributed by atoms with Crippen molar-refractivity contribution in [2.75, 3.05) is 0 Å². The summed E-state index contributed by atoms with van der Waals surface area (Å²) in [5, 5.41) is 14.7. The molecule has 4 nitrogen and oxygen atoms in total. The standard InChI is InChI=1S/C69H52N4/c1-5-44(6-2)57-39-42(4)27-28-43-29-30-45(7-3)59(40-43)69(71-64(51-17-10-8-11-18-51)65(72-69)56-38-36-50-34-32-46-21-14-22-48-35-37-55(56)63(50)60(46)48)73-67(52-19-12-9-13-20-52)66(70-68(57)73)58-41-53-25-15-23-47-31-33-49-24-16-26-54(58)62(49)61(47)53/h5,8-26,29-41H,1,6-7,27-28H2,2-4H3/b42-39+,57-44-. The Bertz CT molecular complexity index is 4340. The van der Waals surface area contributed by atoms with Crippen molar-refractivity contribution in [2.24, 2.45) is 9.98 Å². The fourth-order valence-electron chi connectivity index (χ4n) is 12.4. The molecule has 4 heteroatoms. The van der Waals surface area contributed by atoms with Gasteiger partial charge in [-0.1, -0.05) is 214 Å². The monoisotopic (exact) mass is 936 g/mol. The molecule has 12 aromatic rings. The number of nitrogens with zero attached hydrogens (tertiary/aromatic N) is 4. The van der Waals surface area contributed by atoms with Crippen LogP contribution in [0.2, 0.25) is 0 Å². The van der Waals surface area contributed by atoms with Crippen molar-refractivity contribution in [3.63, 3.8) is 0 Å². The Morgan fingerprint density at radius 2 is 1.15 bits per heavy atom. The van der Waals surface area contributed by atoms with E-state index < -0.39 is 5.79 Å². The van der Waals surface area contributed by atoms with E-state index in [1.165, 1.54) is 70.6 Å². The number of aryl methyl sites for hydroxylation is 2. The van der Waals surface area contributed by atoms with Gasteiger partial charge in [-0.25, -0.2) is 15.0 Å². The van der Waals surface area contributed by atoms with E-state index in [2.05, 4.69) is 226 Å². The normalized spacial score (nSPS) is 17.4. The maximum atomic E-state index is 6.38. The number of rotatable bonds is 7. The molecule has 1 aromatic heterocycles. The molecule has 2 bridgehead atoms. The van der Waals surface area contributed by atoms with Crippen LogP contribution in [0.3, 0.4) is 0 Å². The topological polar surface area (TPSA) is 42.5 Å². The van der Waals surface area contributed by atoms with Crippen molar-refractivity contribution in [3.05, 3.63) is 252 Å². The van der Waals surface area contributed by atoms with Crippen LogP contribution in [0.4, 0.5) is 0 Å². The molecule has 0 radical (unpaired) electrons. The highest BCUT2D eigenvalue weighted by molar-refractivity contribution is 6.56. The molecule has 0 fully saturated rings. The largest absolute Gasteiger partial charge is 0.275 e. The fourth-order valence-corrected chi connectivity index (χ4v) is 12.4. The molecule has 1 spiro atoms. The Kier molecular flexibility index (Phi) is 9.85. The summed E-state index contributed by atoms with van der Waals surface area (Å²) in [7, 11) is 0. The summed E-state index contributed by atoms with van der Waals surface area (Å²) in [6, 6.07) is 69.3. The molecule has 0 amide bonds. The number of aromatic nitrogens is 2. The van der Waals surface area contributed by atoms with E-state index >= 15 is 0 Å². The predicted octanol–water partition coefficient (Wildman–Crippen LogP) is 17.5. The first kappa shape index (κ1) is 43.1. The minimum atomic E-state index is -1.38. The SMILES string of the molecule is C=C/C(CC)=C1\C=C(/C)CCc2ccc(CC)c(c2)C2(N=C(c3ccccc3)C(c3ccc4ccc5cccc6ccc3c4c56)=N2)n2c1nc(-c1cc3cccc4ccc5cccc1c5c43)c2-c1ccccc1. The Balaban J connectivity index is 1.21. The number of allylic oxidation sites excluding steroid dienone is 5. The molecule has 0 saturated carbocycles. The van der Waals surface area contributed by atoms with Crippen molar-refractivity contribution in [2.45, 2.75) is 52.2 Å². The molecule has 2 aliphatic heterocycles. The predicted molar refractivity (Wildman–Crippen MR) is 309 cm³/mol. The first-order valence-electron chi connectivity index (χ1n) is 25.9. The average Bonchev–Trinajstić information content (AvgIpc) is 4.07. The molecule has 11 aromatic carbocycles. The molecule has 0 saturated heterocycles. The van der Waals surface area contributed by atoms with Gasteiger partial charge < -0.3 is 0 Å². The summed E-state index contributed by atoms with van der Waals surface area (Å²) in [5.74, 6) is -0.574. The molecule has 1 atom stereocenters. The van der Waals surface area contributed by atoms with Gasteiger partial charge in [-0.3, -0.25) is 4.57 Å². The van der Waals surface area contributed by atoms with Gasteiger partial charge in [-0.05, 0) is 126 Å². The second-order valence-electron chi connectivity index (χ2n) is 20.0. The second-order valence-corrected chi connectivity index (χ2v) is 20.0. The van der Waals surface area contributed by atoms with Crippen LogP contribution in [0.25, 0.3) is 92.7 Å². The summed E-state index contributed by atoms with van der Waals surface area (Å²) >= 11 is 0. The van der Waals surface area contributed by atoms with Crippen LogP contribution in [0.5, 0.6) is 0 Å². The molecular formula is C69H52N4. The van der Waals surface area contributed by atoms with Crippen LogP contribution in [-0.4, -0.2) is 21.0 Å². The molecule has 0 N–H and O–H groups in total. The number of hydrogen-bond donors (Lipinski definition) is 0. The number of imidazole rings is 1. The molecule has 14 rings (SSSR count). The van der Waals surface area contributed by atoms with Crippen molar-refractivity contribution >= 4 is 81.6 Å². The highest BCUT2D eigenvalue weighted by Crippen LogP contribution is 2.51. The summed E-state index contributed by atoms with van der Waals surface area (Å²) in [6.07, 6.45) is 7.73. The number of aliphatic imine (C=N–C) groups is 2. The summed E-state index contributed by atoms with van der Waals surface area (Å²) < 4.78 is 2.45. The van der Waals surface area contributed by atoms with Gasteiger partial charge in [0.05, 0.1) is 22.8 Å². The first-order chi connectivity index (χ1) is 35.9. The molecule has 348 valence electrons. The third-order valence-corrected chi connectivity index (χ3v) is 15.9. The van der Waals surface area contributed by atoms with Crippen LogP contribution in [0.1, 0.15) is 67.3 Å². The van der Waals surface area contributed by atoms with Gasteiger partial charge in [0.15, 0.2) is 0 Å². The van der Waals surface area contributed by atoms with E-state index in [-0.39, 0.29) is 0 Å². The second kappa shape index (κ2) is 16.7. The van der Waals surface area contributed by atoms with E-state index in [1.54, 1.807) is 0 Å². The van der Waals surface area contributed by atoms with Crippen LogP contribution >= 0.6 is 0 Å². The van der Waals surface area contributed by atoms with Gasteiger partial charge in [-0.2, -0.15) is 0 Å². The summed E-state index contributed by atoms with van der Waals surface area (Å²) in [6.45, 7) is 11.2. The van der Waals surface area contributed by atoms with Crippen LogP contribution in [0.15, 0.2) is 228 Å². The Morgan fingerprint density at radius 1 is 0.562 bits per heavy atom. The van der Waals surface area contributed by atoms with Crippen LogP contribution < -0.4 is 0 Å². The van der Waals surface area contributed by atoms with Gasteiger partial charge in [0.25, 0.3) is 5.79 Å². The molecule has 2 aliphatic rings. The summed E-state index contributed by atoms with van der Waals surface area (Å²) in [4.78, 5) is 18.8. The van der Waals surface area contributed by atoms with Gasteiger partial charge >= 0.3 is 0 Å². The average molecular weight is 937 g/mol. The van der Waals surface area contributed by atoms with Gasteiger partial charge in [0.2, 0.25) is 0 Å². The zero-order valence-electron chi connectivity index (χ0n) is 41.4. The van der Waals surface area contributed by atoms with Gasteiger partial charge in [0.1, 0.15) is 5.82 Å². The lowest BCUT2D eigenvalue weighted by molar-refractivity contribution is 0.397. The van der Waals surface area contributed by atoms with Crippen molar-refractivity contribution in [1.29, 1.82) is 0 Å². The maximum absolute atomic E-state index is 6.38. The minimum absolute atomic E-state index is 0.763. The number of hydrogen-bond acceptors (Lipinski definition) is 3. The van der Waals surface area contributed by atoms with E-state index in [1.807, 2.05) is 6.08 Å². The Morgan fingerprint density at radius 3 is 1.84 bits per heavy atom. The van der Waals surface area contributed by atoms with Crippen LogP contribution in [-0.2, 0) is 18.6 Å². The molecule has 0 aliphatic carbocycles. The third-order valence-electron chi connectivity index (χ3n) is 15.9. The van der Waals surface area contributed by atoms with Crippen LogP contribution in [0, 0.1) is 0 Å². The maximum Gasteiger partial charge on any atom is 0.261 e. The lowest BCUT2D eigenvalue weighted by Gasteiger charge is -2.32. The van der Waals surface area contributed by atoms with Gasteiger partial charge in [0, 0.05) is 33.4 Å². The summed E-state index contributed by atoms with van der Waals surface area (Å²) in [5.41, 5.74) is 14.6. The number of benzene rings is 11. The van der Waals surface area contributed by atoms with Crippen molar-refractivity contribution < 1.29 is 0 Å². The molecule has 73 heavy (non-hydrogen) atoms. The zero-order chi connectivity index (χ0) is 49.0. The highest BCUT2D eigenvalue weighted by atomic mass is 15.4. The quantitative estimate of drug-likeness (QED) is 0.147. The van der Waals surface area contributed by atoms with Crippen molar-refractivity contribution in [3.8, 4) is 22.5 Å². The third kappa shape index (κ3) is 6.49. The van der Waals surface area contributed by atoms with Gasteiger partial charge in [-0.15, -0.1) is 0 Å². The van der Waals surface area contributed by atoms with E-state index in [0.29, 0.717) is 0 Å². The number of fused-ring (bicyclic) bond motifs is 5. The highest BCUT2D eigenvalue weighted by Gasteiger charge is 2.47.